The van der Waals surface area contributed by atoms with Crippen LogP contribution in [0.3, 0.4) is 0 Å². The minimum absolute atomic E-state index is 0.195. The van der Waals surface area contributed by atoms with E-state index in [1.807, 2.05) is 0 Å². The lowest BCUT2D eigenvalue weighted by atomic mass is 10.2. The minimum Gasteiger partial charge on any atom is -0.369 e. The van der Waals surface area contributed by atoms with Crippen molar-refractivity contribution >= 4 is 5.91 Å². The van der Waals surface area contributed by atoms with Gasteiger partial charge in [0.25, 0.3) is 0 Å². The molecule has 2 N–H and O–H groups in total. The van der Waals surface area contributed by atoms with Crippen LogP contribution in [0.4, 0.5) is 4.39 Å². The molecule has 1 amide bonds. The first kappa shape index (κ1) is 6.48. The summed E-state index contributed by atoms with van der Waals surface area (Å²) in [5.41, 5.74) is 4.85. The van der Waals surface area contributed by atoms with Crippen molar-refractivity contribution in [2.24, 2.45) is 5.73 Å². The zero-order chi connectivity index (χ0) is 6.85. The number of halogens is 1. The van der Waals surface area contributed by atoms with E-state index >= 15 is 0 Å². The molecule has 0 aromatic rings. The van der Waals surface area contributed by atoms with Gasteiger partial charge >= 0.3 is 0 Å². The zero-order valence-corrected chi connectivity index (χ0v) is 5.01. The van der Waals surface area contributed by atoms with Gasteiger partial charge in [-0.05, 0) is 0 Å². The number of likely N-dealkylation sites (tertiary alicyclic amines) is 1. The highest BCUT2D eigenvalue weighted by atomic mass is 19.1. The molecule has 0 aliphatic carbocycles. The van der Waals surface area contributed by atoms with E-state index in [4.69, 9.17) is 5.73 Å². The fourth-order valence-electron chi connectivity index (χ4n) is 0.856. The molecule has 1 saturated heterocycles. The summed E-state index contributed by atoms with van der Waals surface area (Å²) in [5.74, 6) is -0.387. The van der Waals surface area contributed by atoms with Crippen molar-refractivity contribution < 1.29 is 9.18 Å². The third kappa shape index (κ3) is 1.64. The average Bonchev–Trinajstić information content (AvgIpc) is 1.60. The molecule has 0 spiro atoms. The standard InChI is InChI=1S/C5H9FN2O/c6-4-1-8(2-4)3-5(7)9/h4H,1-3H2,(H2,7,9). The molecule has 0 saturated carbocycles. The second-order valence-corrected chi connectivity index (χ2v) is 2.26. The van der Waals surface area contributed by atoms with Crippen LogP contribution in [0.5, 0.6) is 0 Å². The van der Waals surface area contributed by atoms with E-state index in [1.165, 1.54) is 0 Å². The van der Waals surface area contributed by atoms with Crippen molar-refractivity contribution in [2.45, 2.75) is 6.17 Å². The molecule has 1 fully saturated rings. The van der Waals surface area contributed by atoms with E-state index in [0.717, 1.165) is 0 Å². The number of carbonyl (C=O) groups is 1. The first-order valence-corrected chi connectivity index (χ1v) is 2.83. The summed E-state index contributed by atoms with van der Waals surface area (Å²) in [6, 6.07) is 0. The molecule has 1 heterocycles. The molecule has 52 valence electrons. The van der Waals surface area contributed by atoms with Gasteiger partial charge in [-0.15, -0.1) is 0 Å². The van der Waals surface area contributed by atoms with E-state index in [0.29, 0.717) is 13.1 Å². The summed E-state index contributed by atoms with van der Waals surface area (Å²) in [5, 5.41) is 0. The summed E-state index contributed by atoms with van der Waals surface area (Å²) < 4.78 is 12.0. The van der Waals surface area contributed by atoms with Gasteiger partial charge in [0, 0.05) is 13.1 Å². The SMILES string of the molecule is NC(=O)CN1CC(F)C1. The lowest BCUT2D eigenvalue weighted by molar-refractivity contribution is -0.120. The van der Waals surface area contributed by atoms with Gasteiger partial charge < -0.3 is 5.73 Å². The van der Waals surface area contributed by atoms with Crippen molar-refractivity contribution in [3.05, 3.63) is 0 Å². The van der Waals surface area contributed by atoms with Crippen LogP contribution in [0.1, 0.15) is 0 Å². The summed E-state index contributed by atoms with van der Waals surface area (Å²) in [6.07, 6.45) is -0.746. The van der Waals surface area contributed by atoms with Crippen LogP contribution < -0.4 is 5.73 Å². The highest BCUT2D eigenvalue weighted by Gasteiger charge is 2.26. The number of rotatable bonds is 2. The lowest BCUT2D eigenvalue weighted by Crippen LogP contribution is -2.51. The number of amides is 1. The number of hydrogen-bond acceptors (Lipinski definition) is 2. The number of primary amides is 1. The lowest BCUT2D eigenvalue weighted by Gasteiger charge is -2.32. The van der Waals surface area contributed by atoms with Gasteiger partial charge in [0.15, 0.2) is 0 Å². The molecule has 0 unspecified atom stereocenters. The summed E-state index contributed by atoms with van der Waals surface area (Å²) in [4.78, 5) is 11.8. The van der Waals surface area contributed by atoms with Gasteiger partial charge in [-0.25, -0.2) is 4.39 Å². The van der Waals surface area contributed by atoms with Crippen molar-refractivity contribution in [3.63, 3.8) is 0 Å². The molecule has 4 heteroatoms. The van der Waals surface area contributed by atoms with Gasteiger partial charge in [-0.2, -0.15) is 0 Å². The molecule has 0 atom stereocenters. The average molecular weight is 132 g/mol. The van der Waals surface area contributed by atoms with Gasteiger partial charge in [-0.1, -0.05) is 0 Å². The van der Waals surface area contributed by atoms with Gasteiger partial charge in [0.2, 0.25) is 5.91 Å². The number of hydrogen-bond donors (Lipinski definition) is 1. The van der Waals surface area contributed by atoms with Crippen LogP contribution in [0, 0.1) is 0 Å². The molecule has 9 heavy (non-hydrogen) atoms. The van der Waals surface area contributed by atoms with E-state index in [1.54, 1.807) is 4.90 Å². The number of alkyl halides is 1. The first-order valence-electron chi connectivity index (χ1n) is 2.83. The molecule has 1 aliphatic rings. The topological polar surface area (TPSA) is 46.3 Å². The highest BCUT2D eigenvalue weighted by Crippen LogP contribution is 2.08. The van der Waals surface area contributed by atoms with Crippen molar-refractivity contribution in [1.29, 1.82) is 0 Å². The highest BCUT2D eigenvalue weighted by molar-refractivity contribution is 5.76. The molecular weight excluding hydrogens is 123 g/mol. The summed E-state index contributed by atoms with van der Waals surface area (Å²) >= 11 is 0. The predicted octanol–water partition coefficient (Wildman–Crippen LogP) is -0.875. The van der Waals surface area contributed by atoms with E-state index in [9.17, 15) is 9.18 Å². The molecule has 0 radical (unpaired) electrons. The number of carbonyl (C=O) groups excluding carboxylic acids is 1. The Hall–Kier alpha value is -0.640. The number of nitrogens with two attached hydrogens (primary N) is 1. The second kappa shape index (κ2) is 2.31. The summed E-state index contributed by atoms with van der Waals surface area (Å²) in [7, 11) is 0. The molecule has 0 bridgehead atoms. The van der Waals surface area contributed by atoms with Crippen LogP contribution in [0.25, 0.3) is 0 Å². The Bertz CT molecular complexity index is 122. The number of nitrogens with zero attached hydrogens (tertiary/aromatic N) is 1. The van der Waals surface area contributed by atoms with Gasteiger partial charge in [0.1, 0.15) is 6.17 Å². The fourth-order valence-corrected chi connectivity index (χ4v) is 0.856. The summed E-state index contributed by atoms with van der Waals surface area (Å²) in [6.45, 7) is 0.923. The van der Waals surface area contributed by atoms with Crippen LogP contribution in [-0.2, 0) is 4.79 Å². The largest absolute Gasteiger partial charge is 0.369 e. The van der Waals surface area contributed by atoms with Gasteiger partial charge in [0.05, 0.1) is 6.54 Å². The second-order valence-electron chi connectivity index (χ2n) is 2.26. The van der Waals surface area contributed by atoms with Crippen molar-refractivity contribution in [2.75, 3.05) is 19.6 Å². The normalized spacial score (nSPS) is 21.4. The van der Waals surface area contributed by atoms with Crippen LogP contribution >= 0.6 is 0 Å². The smallest absolute Gasteiger partial charge is 0.231 e. The first-order chi connectivity index (χ1) is 4.18. The maximum atomic E-state index is 12.0. The molecule has 0 aromatic carbocycles. The Morgan fingerprint density at radius 1 is 1.78 bits per heavy atom. The Balaban J connectivity index is 2.11. The van der Waals surface area contributed by atoms with Crippen LogP contribution in [0.15, 0.2) is 0 Å². The Labute approximate surface area is 52.6 Å². The molecule has 0 aromatic heterocycles. The quantitative estimate of drug-likeness (QED) is 0.530. The van der Waals surface area contributed by atoms with Crippen molar-refractivity contribution in [3.8, 4) is 0 Å². The predicted molar refractivity (Wildman–Crippen MR) is 30.5 cm³/mol. The molecular formula is C5H9FN2O. The third-order valence-electron chi connectivity index (χ3n) is 1.29. The van der Waals surface area contributed by atoms with Crippen LogP contribution in [-0.4, -0.2) is 36.6 Å². The van der Waals surface area contributed by atoms with Gasteiger partial charge in [-0.3, -0.25) is 9.69 Å². The molecule has 1 rings (SSSR count). The fraction of sp³-hybridized carbons (Fsp3) is 0.800. The Morgan fingerprint density at radius 3 is 2.67 bits per heavy atom. The maximum absolute atomic E-state index is 12.0. The van der Waals surface area contributed by atoms with E-state index in [-0.39, 0.29) is 12.5 Å². The third-order valence-corrected chi connectivity index (χ3v) is 1.29. The van der Waals surface area contributed by atoms with Crippen molar-refractivity contribution in [1.82, 2.24) is 4.90 Å². The monoisotopic (exact) mass is 132 g/mol. The molecule has 3 nitrogen and oxygen atoms in total. The Morgan fingerprint density at radius 2 is 2.33 bits per heavy atom. The maximum Gasteiger partial charge on any atom is 0.231 e. The molecule has 1 aliphatic heterocycles. The van der Waals surface area contributed by atoms with E-state index < -0.39 is 6.17 Å². The van der Waals surface area contributed by atoms with E-state index in [2.05, 4.69) is 0 Å². The Kier molecular flexibility index (Phi) is 1.66. The minimum atomic E-state index is -0.746. The zero-order valence-electron chi connectivity index (χ0n) is 5.01. The van der Waals surface area contributed by atoms with Crippen LogP contribution in [0.2, 0.25) is 0 Å².